The molecule has 1 fully saturated rings. The fraction of sp³-hybridized carbons (Fsp3) is 0.429. The third kappa shape index (κ3) is 5.44. The first kappa shape index (κ1) is 23.9. The van der Waals surface area contributed by atoms with Gasteiger partial charge in [0, 0.05) is 37.1 Å². The van der Waals surface area contributed by atoms with E-state index in [2.05, 4.69) is 30.9 Å². The smallest absolute Gasteiger partial charge is 0.253 e. The molecule has 1 saturated heterocycles. The molecule has 0 radical (unpaired) electrons. The van der Waals surface area contributed by atoms with Crippen molar-refractivity contribution in [1.29, 1.82) is 0 Å². The van der Waals surface area contributed by atoms with Crippen LogP contribution in [0.2, 0.25) is 0 Å². The molecule has 34 heavy (non-hydrogen) atoms. The number of aromatic nitrogens is 1. The van der Waals surface area contributed by atoms with E-state index in [1.54, 1.807) is 7.11 Å². The highest BCUT2D eigenvalue weighted by molar-refractivity contribution is 5.94. The van der Waals surface area contributed by atoms with Gasteiger partial charge in [0.25, 0.3) is 5.91 Å². The SMILES string of the molecule is CCCCCCOc1ccc(C(=O)N2CCN(c3cc(C)c4cccc(OC)c4n3)CC2)cc1. The molecule has 0 saturated carbocycles. The van der Waals surface area contributed by atoms with Crippen LogP contribution >= 0.6 is 0 Å². The largest absolute Gasteiger partial charge is 0.494 e. The number of ether oxygens (including phenoxy) is 2. The minimum absolute atomic E-state index is 0.0680. The highest BCUT2D eigenvalue weighted by atomic mass is 16.5. The zero-order valence-corrected chi connectivity index (χ0v) is 20.5. The second kappa shape index (κ2) is 11.2. The molecule has 180 valence electrons. The number of aryl methyl sites for hydroxylation is 1. The molecular weight excluding hydrogens is 426 g/mol. The Bertz CT molecular complexity index is 1110. The topological polar surface area (TPSA) is 54.9 Å². The highest BCUT2D eigenvalue weighted by Crippen LogP contribution is 2.29. The third-order valence-electron chi connectivity index (χ3n) is 6.47. The number of unbranched alkanes of at least 4 members (excludes halogenated alkanes) is 3. The molecule has 2 heterocycles. The van der Waals surface area contributed by atoms with Crippen LogP contribution < -0.4 is 14.4 Å². The normalized spacial score (nSPS) is 13.9. The summed E-state index contributed by atoms with van der Waals surface area (Å²) in [5, 5.41) is 1.10. The van der Waals surface area contributed by atoms with Crippen LogP contribution in [-0.4, -0.2) is 55.7 Å². The van der Waals surface area contributed by atoms with E-state index in [9.17, 15) is 4.79 Å². The van der Waals surface area contributed by atoms with E-state index in [1.807, 2.05) is 41.3 Å². The molecule has 2 aromatic carbocycles. The zero-order chi connectivity index (χ0) is 23.9. The van der Waals surface area contributed by atoms with Crippen LogP contribution in [0.15, 0.2) is 48.5 Å². The summed E-state index contributed by atoms with van der Waals surface area (Å²) in [6, 6.07) is 15.7. The summed E-state index contributed by atoms with van der Waals surface area (Å²) in [7, 11) is 1.68. The molecule has 0 N–H and O–H groups in total. The number of fused-ring (bicyclic) bond motifs is 1. The van der Waals surface area contributed by atoms with Crippen LogP contribution in [0.3, 0.4) is 0 Å². The number of piperazine rings is 1. The predicted octanol–water partition coefficient (Wildman–Crippen LogP) is 5.47. The number of amides is 1. The first-order chi connectivity index (χ1) is 16.6. The van der Waals surface area contributed by atoms with Crippen LogP contribution in [0.1, 0.15) is 48.5 Å². The van der Waals surface area contributed by atoms with Gasteiger partial charge in [0.15, 0.2) is 0 Å². The van der Waals surface area contributed by atoms with Crippen molar-refractivity contribution in [3.8, 4) is 11.5 Å². The van der Waals surface area contributed by atoms with Crippen molar-refractivity contribution in [3.05, 3.63) is 59.7 Å². The zero-order valence-electron chi connectivity index (χ0n) is 20.5. The summed E-state index contributed by atoms with van der Waals surface area (Å²) in [5.74, 6) is 2.61. The molecule has 1 aliphatic heterocycles. The summed E-state index contributed by atoms with van der Waals surface area (Å²) >= 11 is 0. The summed E-state index contributed by atoms with van der Waals surface area (Å²) < 4.78 is 11.3. The fourth-order valence-electron chi connectivity index (χ4n) is 4.43. The molecule has 3 aromatic rings. The van der Waals surface area contributed by atoms with Crippen molar-refractivity contribution >= 4 is 22.6 Å². The summed E-state index contributed by atoms with van der Waals surface area (Å²) in [5.41, 5.74) is 2.76. The second-order valence-corrected chi connectivity index (χ2v) is 8.87. The number of hydrogen-bond acceptors (Lipinski definition) is 5. The van der Waals surface area contributed by atoms with E-state index < -0.39 is 0 Å². The van der Waals surface area contributed by atoms with Crippen molar-refractivity contribution in [2.45, 2.75) is 39.5 Å². The highest BCUT2D eigenvalue weighted by Gasteiger charge is 2.23. The molecule has 0 spiro atoms. The molecule has 1 aromatic heterocycles. The van der Waals surface area contributed by atoms with Crippen molar-refractivity contribution in [2.24, 2.45) is 0 Å². The van der Waals surface area contributed by atoms with E-state index in [1.165, 1.54) is 24.8 Å². The minimum Gasteiger partial charge on any atom is -0.494 e. The van der Waals surface area contributed by atoms with E-state index in [4.69, 9.17) is 14.5 Å². The van der Waals surface area contributed by atoms with Gasteiger partial charge in [0.1, 0.15) is 22.8 Å². The van der Waals surface area contributed by atoms with Crippen molar-refractivity contribution in [1.82, 2.24) is 9.88 Å². The predicted molar refractivity (Wildman–Crippen MR) is 137 cm³/mol. The molecule has 4 rings (SSSR count). The van der Waals surface area contributed by atoms with Crippen LogP contribution in [0, 0.1) is 6.92 Å². The molecule has 0 atom stereocenters. The van der Waals surface area contributed by atoms with Gasteiger partial charge in [-0.25, -0.2) is 4.98 Å². The van der Waals surface area contributed by atoms with Gasteiger partial charge in [0.05, 0.1) is 13.7 Å². The van der Waals surface area contributed by atoms with Crippen LogP contribution in [0.25, 0.3) is 10.9 Å². The second-order valence-electron chi connectivity index (χ2n) is 8.87. The Morgan fingerprint density at radius 3 is 2.47 bits per heavy atom. The Morgan fingerprint density at radius 1 is 1.00 bits per heavy atom. The first-order valence-electron chi connectivity index (χ1n) is 12.3. The molecule has 0 unspecified atom stereocenters. The van der Waals surface area contributed by atoms with Crippen LogP contribution in [0.5, 0.6) is 11.5 Å². The Morgan fingerprint density at radius 2 is 1.76 bits per heavy atom. The average Bonchev–Trinajstić information content (AvgIpc) is 2.88. The van der Waals surface area contributed by atoms with E-state index in [0.717, 1.165) is 54.3 Å². The Labute approximate surface area is 202 Å². The van der Waals surface area contributed by atoms with Gasteiger partial charge >= 0.3 is 0 Å². The number of hydrogen-bond donors (Lipinski definition) is 0. The maximum Gasteiger partial charge on any atom is 0.253 e. The number of para-hydroxylation sites is 1. The lowest BCUT2D eigenvalue weighted by Crippen LogP contribution is -2.49. The number of methoxy groups -OCH3 is 1. The summed E-state index contributed by atoms with van der Waals surface area (Å²) in [6.07, 6.45) is 4.73. The van der Waals surface area contributed by atoms with Gasteiger partial charge in [-0.15, -0.1) is 0 Å². The van der Waals surface area contributed by atoms with Crippen LogP contribution in [-0.2, 0) is 0 Å². The van der Waals surface area contributed by atoms with E-state index in [-0.39, 0.29) is 5.91 Å². The quantitative estimate of drug-likeness (QED) is 0.395. The number of carbonyl (C=O) groups excluding carboxylic acids is 1. The molecule has 0 bridgehead atoms. The fourth-order valence-corrected chi connectivity index (χ4v) is 4.43. The standard InChI is InChI=1S/C28H35N3O3/c1-4-5-6-7-19-34-23-13-11-22(12-14-23)28(32)31-17-15-30(16-18-31)26-20-21(2)24-9-8-10-25(33-3)27(24)29-26/h8-14,20H,4-7,15-19H2,1-3H3. The van der Waals surface area contributed by atoms with Crippen LogP contribution in [0.4, 0.5) is 5.82 Å². The van der Waals surface area contributed by atoms with Gasteiger partial charge in [-0.3, -0.25) is 4.79 Å². The lowest BCUT2D eigenvalue weighted by Gasteiger charge is -2.35. The number of benzene rings is 2. The monoisotopic (exact) mass is 461 g/mol. The van der Waals surface area contributed by atoms with Gasteiger partial charge < -0.3 is 19.3 Å². The first-order valence-corrected chi connectivity index (χ1v) is 12.3. The maximum absolute atomic E-state index is 13.0. The number of nitrogens with zero attached hydrogens (tertiary/aromatic N) is 3. The molecule has 1 amide bonds. The van der Waals surface area contributed by atoms with Crippen molar-refractivity contribution in [3.63, 3.8) is 0 Å². The number of carbonyl (C=O) groups is 1. The van der Waals surface area contributed by atoms with Gasteiger partial charge in [-0.1, -0.05) is 38.3 Å². The molecule has 6 heteroatoms. The van der Waals surface area contributed by atoms with Gasteiger partial charge in [-0.2, -0.15) is 0 Å². The molecule has 6 nitrogen and oxygen atoms in total. The number of rotatable bonds is 9. The lowest BCUT2D eigenvalue weighted by molar-refractivity contribution is 0.0746. The minimum atomic E-state index is 0.0680. The maximum atomic E-state index is 13.0. The number of pyridine rings is 1. The Balaban J connectivity index is 1.35. The van der Waals surface area contributed by atoms with Crippen molar-refractivity contribution < 1.29 is 14.3 Å². The summed E-state index contributed by atoms with van der Waals surface area (Å²) in [4.78, 5) is 22.1. The van der Waals surface area contributed by atoms with E-state index in [0.29, 0.717) is 18.7 Å². The Kier molecular flexibility index (Phi) is 7.88. The Hall–Kier alpha value is -3.28. The molecule has 0 aliphatic carbocycles. The number of anilines is 1. The molecular formula is C28H35N3O3. The summed E-state index contributed by atoms with van der Waals surface area (Å²) in [6.45, 7) is 7.86. The average molecular weight is 462 g/mol. The third-order valence-corrected chi connectivity index (χ3v) is 6.47. The van der Waals surface area contributed by atoms with Gasteiger partial charge in [-0.05, 0) is 55.3 Å². The van der Waals surface area contributed by atoms with E-state index >= 15 is 0 Å². The van der Waals surface area contributed by atoms with Gasteiger partial charge in [0.2, 0.25) is 0 Å². The van der Waals surface area contributed by atoms with Crippen molar-refractivity contribution in [2.75, 3.05) is 44.8 Å². The lowest BCUT2D eigenvalue weighted by atomic mass is 10.1. The molecule has 1 aliphatic rings.